The van der Waals surface area contributed by atoms with Gasteiger partial charge in [0.2, 0.25) is 10.0 Å². The molecule has 3 rings (SSSR count). The van der Waals surface area contributed by atoms with Crippen LogP contribution < -0.4 is 11.1 Å². The number of nitrogens with one attached hydrogen (secondary N) is 1. The molecule has 198 valence electrons. The molecule has 0 aromatic heterocycles. The predicted octanol–water partition coefficient (Wildman–Crippen LogP) is 3.91. The monoisotopic (exact) mass is 537 g/mol. The quantitative estimate of drug-likeness (QED) is 0.479. The van der Waals surface area contributed by atoms with E-state index in [0.717, 1.165) is 5.56 Å². The maximum Gasteiger partial charge on any atom is 0.211 e. The molecule has 2 aromatic rings. The normalized spacial score (nSPS) is 20.9. The van der Waals surface area contributed by atoms with E-state index >= 15 is 0 Å². The average molecular weight is 538 g/mol. The number of hydrogen-bond donors (Lipinski definition) is 2. The molecule has 3 N–H and O–H groups in total. The Hall–Kier alpha value is -1.84. The van der Waals surface area contributed by atoms with Crippen molar-refractivity contribution in [2.24, 2.45) is 11.7 Å². The Morgan fingerprint density at radius 1 is 1.19 bits per heavy atom. The van der Waals surface area contributed by atoms with Crippen LogP contribution in [0.2, 0.25) is 5.02 Å². The number of ketones is 1. The Morgan fingerprint density at radius 3 is 2.47 bits per heavy atom. The fourth-order valence-electron chi connectivity index (χ4n) is 5.38. The van der Waals surface area contributed by atoms with E-state index in [4.69, 9.17) is 17.3 Å². The van der Waals surface area contributed by atoms with Gasteiger partial charge in [-0.2, -0.15) is 4.31 Å². The van der Waals surface area contributed by atoms with Crippen molar-refractivity contribution in [2.75, 3.05) is 19.3 Å². The molecule has 1 heterocycles. The summed E-state index contributed by atoms with van der Waals surface area (Å²) in [5.41, 5.74) is 8.46. The maximum atomic E-state index is 15.0. The molecule has 1 fully saturated rings. The van der Waals surface area contributed by atoms with Crippen LogP contribution in [-0.4, -0.2) is 56.0 Å². The minimum absolute atomic E-state index is 0.0141. The number of sulfonamides is 1. The Balaban J connectivity index is 1.79. The third kappa shape index (κ3) is 6.92. The van der Waals surface area contributed by atoms with E-state index in [1.807, 2.05) is 32.9 Å². The van der Waals surface area contributed by atoms with Crippen molar-refractivity contribution in [1.29, 1.82) is 0 Å². The lowest BCUT2D eigenvalue weighted by Gasteiger charge is -2.39. The van der Waals surface area contributed by atoms with E-state index in [-0.39, 0.29) is 36.1 Å². The molecule has 1 aliphatic heterocycles. The highest BCUT2D eigenvalue weighted by atomic mass is 35.5. The van der Waals surface area contributed by atoms with Crippen LogP contribution in [0.4, 0.5) is 4.39 Å². The third-order valence-corrected chi connectivity index (χ3v) is 8.71. The summed E-state index contributed by atoms with van der Waals surface area (Å²) < 4.78 is 41.2. The zero-order chi connectivity index (χ0) is 26.6. The van der Waals surface area contributed by atoms with Crippen LogP contribution in [0.1, 0.15) is 49.8 Å². The SMILES string of the molecule is CC(C)[C@H](c1ccc(Cl)cc1)[C@H](N)C(=O)Cc1cccc(F)c1CC[C@H]1CNC[C@H](C)N1S(C)(=O)=O. The van der Waals surface area contributed by atoms with Gasteiger partial charge < -0.3 is 11.1 Å². The Kier molecular flexibility index (Phi) is 9.68. The van der Waals surface area contributed by atoms with Crippen molar-refractivity contribution < 1.29 is 17.6 Å². The van der Waals surface area contributed by atoms with E-state index in [9.17, 15) is 17.6 Å². The number of hydrogen-bond acceptors (Lipinski definition) is 5. The molecule has 2 aromatic carbocycles. The van der Waals surface area contributed by atoms with Crippen molar-refractivity contribution >= 4 is 27.4 Å². The van der Waals surface area contributed by atoms with Gasteiger partial charge in [0.05, 0.1) is 12.3 Å². The standard InChI is InChI=1S/C27H37ClFN3O3S/c1-17(2)26(19-8-10-21(28)11-9-19)27(30)25(33)14-20-6-5-7-24(29)23(20)13-12-22-16-31-15-18(3)32(22)36(4,34)35/h5-11,17-18,22,26-27,31H,12-16,30H2,1-4H3/t18-,22-,26+,27+/m0/s1. The number of carbonyl (C=O) groups is 1. The minimum Gasteiger partial charge on any atom is -0.321 e. The summed E-state index contributed by atoms with van der Waals surface area (Å²) in [5, 5.41) is 3.88. The van der Waals surface area contributed by atoms with Crippen LogP contribution >= 0.6 is 11.6 Å². The number of benzene rings is 2. The summed E-state index contributed by atoms with van der Waals surface area (Å²) >= 11 is 6.03. The average Bonchev–Trinajstić information content (AvgIpc) is 2.79. The van der Waals surface area contributed by atoms with Gasteiger partial charge in [0, 0.05) is 42.5 Å². The molecule has 0 amide bonds. The lowest BCUT2D eigenvalue weighted by molar-refractivity contribution is -0.120. The van der Waals surface area contributed by atoms with Crippen LogP contribution in [0, 0.1) is 11.7 Å². The number of nitrogens with two attached hydrogens (primary N) is 1. The number of halogens is 2. The topological polar surface area (TPSA) is 92.5 Å². The molecule has 0 radical (unpaired) electrons. The van der Waals surface area contributed by atoms with Crippen molar-refractivity contribution in [1.82, 2.24) is 9.62 Å². The van der Waals surface area contributed by atoms with Gasteiger partial charge in [-0.25, -0.2) is 12.8 Å². The Labute approximate surface area is 219 Å². The molecule has 0 aliphatic carbocycles. The zero-order valence-electron chi connectivity index (χ0n) is 21.4. The number of nitrogens with zero attached hydrogens (tertiary/aromatic N) is 1. The van der Waals surface area contributed by atoms with Gasteiger partial charge in [0.15, 0.2) is 5.78 Å². The molecule has 0 bridgehead atoms. The number of carbonyl (C=O) groups excluding carboxylic acids is 1. The van der Waals surface area contributed by atoms with Crippen LogP contribution in [0.3, 0.4) is 0 Å². The van der Waals surface area contributed by atoms with Gasteiger partial charge in [-0.15, -0.1) is 0 Å². The van der Waals surface area contributed by atoms with Crippen molar-refractivity contribution in [2.45, 2.75) is 64.1 Å². The van der Waals surface area contributed by atoms with Crippen LogP contribution in [0.25, 0.3) is 0 Å². The summed E-state index contributed by atoms with van der Waals surface area (Å²) in [5.74, 6) is -0.652. The van der Waals surface area contributed by atoms with Crippen molar-refractivity contribution in [3.05, 3.63) is 70.0 Å². The van der Waals surface area contributed by atoms with Crippen molar-refractivity contribution in [3.63, 3.8) is 0 Å². The first kappa shape index (κ1) is 28.7. The van der Waals surface area contributed by atoms with E-state index in [1.165, 1.54) is 16.6 Å². The predicted molar refractivity (Wildman–Crippen MR) is 143 cm³/mol. The zero-order valence-corrected chi connectivity index (χ0v) is 22.9. The fraction of sp³-hybridized carbons (Fsp3) is 0.519. The second-order valence-electron chi connectivity index (χ2n) is 10.2. The smallest absolute Gasteiger partial charge is 0.211 e. The first-order valence-electron chi connectivity index (χ1n) is 12.4. The van der Waals surface area contributed by atoms with Crippen LogP contribution in [-0.2, 0) is 27.7 Å². The van der Waals surface area contributed by atoms with Gasteiger partial charge in [0.25, 0.3) is 0 Å². The molecule has 1 aliphatic rings. The highest BCUT2D eigenvalue weighted by Crippen LogP contribution is 2.30. The second kappa shape index (κ2) is 12.1. The number of rotatable bonds is 10. The fourth-order valence-corrected chi connectivity index (χ4v) is 6.96. The van der Waals surface area contributed by atoms with Gasteiger partial charge in [0.1, 0.15) is 5.82 Å². The highest BCUT2D eigenvalue weighted by molar-refractivity contribution is 7.88. The highest BCUT2D eigenvalue weighted by Gasteiger charge is 2.34. The van der Waals surface area contributed by atoms with Gasteiger partial charge in [-0.1, -0.05) is 49.7 Å². The summed E-state index contributed by atoms with van der Waals surface area (Å²) in [6.45, 7) is 6.98. The minimum atomic E-state index is -3.41. The molecule has 0 spiro atoms. The summed E-state index contributed by atoms with van der Waals surface area (Å²) in [6.07, 6.45) is 1.99. The largest absolute Gasteiger partial charge is 0.321 e. The molecule has 36 heavy (non-hydrogen) atoms. The van der Waals surface area contributed by atoms with E-state index in [0.29, 0.717) is 42.1 Å². The van der Waals surface area contributed by atoms with E-state index < -0.39 is 21.9 Å². The molecule has 4 atom stereocenters. The van der Waals surface area contributed by atoms with Crippen molar-refractivity contribution in [3.8, 4) is 0 Å². The molecule has 0 saturated carbocycles. The second-order valence-corrected chi connectivity index (χ2v) is 12.5. The molecule has 9 heteroatoms. The number of Topliss-reactive ketones (excluding diaryl/α,β-unsaturated/α-hetero) is 1. The molecular formula is C27H37ClFN3O3S. The summed E-state index contributed by atoms with van der Waals surface area (Å²) in [7, 11) is -3.41. The summed E-state index contributed by atoms with van der Waals surface area (Å²) in [4.78, 5) is 13.3. The Bertz CT molecular complexity index is 1160. The first-order chi connectivity index (χ1) is 16.9. The molecule has 6 nitrogen and oxygen atoms in total. The first-order valence-corrected chi connectivity index (χ1v) is 14.6. The Morgan fingerprint density at radius 2 is 1.86 bits per heavy atom. The van der Waals surface area contributed by atoms with Crippen LogP contribution in [0.15, 0.2) is 42.5 Å². The lowest BCUT2D eigenvalue weighted by Crippen LogP contribution is -2.58. The van der Waals surface area contributed by atoms with E-state index in [1.54, 1.807) is 24.3 Å². The van der Waals surface area contributed by atoms with Gasteiger partial charge in [-0.3, -0.25) is 4.79 Å². The van der Waals surface area contributed by atoms with Crippen LogP contribution in [0.5, 0.6) is 0 Å². The number of piperazine rings is 1. The molecule has 0 unspecified atom stereocenters. The molecule has 1 saturated heterocycles. The summed E-state index contributed by atoms with van der Waals surface area (Å²) in [6, 6.07) is 10.9. The van der Waals surface area contributed by atoms with Gasteiger partial charge >= 0.3 is 0 Å². The maximum absolute atomic E-state index is 15.0. The van der Waals surface area contributed by atoms with Gasteiger partial charge in [-0.05, 0) is 60.6 Å². The lowest BCUT2D eigenvalue weighted by atomic mass is 9.80. The molecular weight excluding hydrogens is 501 g/mol. The van der Waals surface area contributed by atoms with E-state index in [2.05, 4.69) is 5.32 Å². The third-order valence-electron chi connectivity index (χ3n) is 7.04.